The maximum Gasteiger partial charge on any atom is 0.0717 e. The lowest BCUT2D eigenvalue weighted by Gasteiger charge is -2.39. The van der Waals surface area contributed by atoms with Crippen molar-refractivity contribution in [3.8, 4) is 44.5 Å². The van der Waals surface area contributed by atoms with Crippen LogP contribution in [0.2, 0.25) is 0 Å². The molecule has 0 spiro atoms. The van der Waals surface area contributed by atoms with Crippen molar-refractivity contribution in [2.45, 2.75) is 77.0 Å². The molecule has 16 heterocycles. The Hall–Kier alpha value is -13.8. The Morgan fingerprint density at radius 1 is 0.170 bits per heavy atom. The van der Waals surface area contributed by atoms with Gasteiger partial charge in [0, 0.05) is 147 Å². The van der Waals surface area contributed by atoms with E-state index >= 15 is 0 Å². The largest absolute Gasteiger partial charge is 0.307 e. The Morgan fingerprint density at radius 2 is 0.464 bits per heavy atom. The molecule has 4 aliphatic carbocycles. The van der Waals surface area contributed by atoms with Crippen LogP contribution in [0.3, 0.4) is 0 Å². The predicted molar refractivity (Wildman–Crippen MR) is 442 cm³/mol. The third-order valence-electron chi connectivity index (χ3n) is 25.5. The molecule has 8 aliphatic heterocycles. The molecule has 0 radical (unpaired) electrons. The number of hydrogen-bond donors (Lipinski definition) is 0. The molecule has 8 aromatic heterocycles. The number of anilines is 12. The van der Waals surface area contributed by atoms with Crippen LogP contribution in [-0.4, -0.2) is 39.9 Å². The van der Waals surface area contributed by atoms with Crippen molar-refractivity contribution in [1.29, 1.82) is 0 Å². The summed E-state index contributed by atoms with van der Waals surface area (Å²) in [6.45, 7) is 0. The van der Waals surface area contributed by atoms with Crippen LogP contribution in [0.5, 0.6) is 0 Å². The van der Waals surface area contributed by atoms with E-state index in [1.54, 1.807) is 0 Å². The first kappa shape index (κ1) is 62.1. The summed E-state index contributed by atoms with van der Waals surface area (Å²) >= 11 is 0. The monoisotopic (exact) mass is 1440 g/mol. The van der Waals surface area contributed by atoms with Crippen molar-refractivity contribution >= 4 is 68.2 Å². The average molecular weight is 1440 g/mol. The summed E-state index contributed by atoms with van der Waals surface area (Å²) in [5.74, 6) is 0. The van der Waals surface area contributed by atoms with E-state index in [4.69, 9.17) is 29.9 Å². The van der Waals surface area contributed by atoms with Gasteiger partial charge in [0.2, 0.25) is 0 Å². The molecule has 0 bridgehead atoms. The van der Waals surface area contributed by atoms with Crippen LogP contribution in [0.25, 0.3) is 44.5 Å². The lowest BCUT2D eigenvalue weighted by molar-refractivity contribution is 0.927. The predicted octanol–water partition coefficient (Wildman–Crippen LogP) is 21.3. The van der Waals surface area contributed by atoms with Gasteiger partial charge in [-0.15, -0.1) is 0 Å². The molecule has 12 nitrogen and oxygen atoms in total. The molecule has 0 amide bonds. The second-order valence-electron chi connectivity index (χ2n) is 31.5. The summed E-state index contributed by atoms with van der Waals surface area (Å²) in [4.78, 5) is 47.1. The van der Waals surface area contributed by atoms with Gasteiger partial charge < -0.3 is 19.6 Å². The molecule has 0 fully saturated rings. The highest BCUT2D eigenvalue weighted by Crippen LogP contribution is 2.61. The molecule has 0 N–H and O–H groups in total. The molecule has 12 heteroatoms. The lowest BCUT2D eigenvalue weighted by atomic mass is 9.86. The zero-order chi connectivity index (χ0) is 73.0. The van der Waals surface area contributed by atoms with E-state index in [1.807, 2.05) is 74.1 Å². The van der Waals surface area contributed by atoms with Crippen LogP contribution in [0.1, 0.15) is 134 Å². The fourth-order valence-corrected chi connectivity index (χ4v) is 20.9. The SMILES string of the molecule is c1ccc2c(c1)Cc1ccc3c(c1-2)N1c2cccnc2Cc2ccnc(c21)C3.c1ccc2c(c1)Cc1ccc3c(c1-2)N1c2cccnc2Cc2cncc(c21)C3.c1ccc2c(c1)Cc1ccc3c(c1-2)N1c2cccnc2Cc2nccc(c21)C3.c1ccc2c(c1)Cc1ccc3c(c1-2)N1c2ccncc2Cc2nccc(c21)C3. The van der Waals surface area contributed by atoms with Gasteiger partial charge in [-0.3, -0.25) is 39.9 Å². The van der Waals surface area contributed by atoms with Crippen LogP contribution in [-0.2, 0) is 77.0 Å². The van der Waals surface area contributed by atoms with Gasteiger partial charge in [-0.1, -0.05) is 146 Å². The average Bonchev–Trinajstić information content (AvgIpc) is 1.35. The van der Waals surface area contributed by atoms with Crippen LogP contribution in [0.15, 0.2) is 268 Å². The number of pyridine rings is 8. The highest BCUT2D eigenvalue weighted by molar-refractivity contribution is 6.04. The first-order chi connectivity index (χ1) is 55.5. The molecule has 0 saturated carbocycles. The molecule has 0 saturated heterocycles. The highest BCUT2D eigenvalue weighted by atomic mass is 15.2. The number of benzene rings is 8. The Morgan fingerprint density at radius 3 is 0.911 bits per heavy atom. The van der Waals surface area contributed by atoms with Crippen molar-refractivity contribution < 1.29 is 0 Å². The van der Waals surface area contributed by atoms with Crippen molar-refractivity contribution in [1.82, 2.24) is 39.9 Å². The molecular weight excluding hydrogens is 1370 g/mol. The molecule has 16 aromatic rings. The van der Waals surface area contributed by atoms with E-state index in [0.717, 1.165) is 106 Å². The third-order valence-corrected chi connectivity index (χ3v) is 25.5. The van der Waals surface area contributed by atoms with E-state index in [9.17, 15) is 0 Å². The molecule has 0 atom stereocenters. The zero-order valence-corrected chi connectivity index (χ0v) is 61.3. The summed E-state index contributed by atoms with van der Waals surface area (Å²) in [5, 5.41) is 0. The maximum absolute atomic E-state index is 4.76. The number of fused-ring (bicyclic) bond motifs is 32. The standard InChI is InChI=1S/4C25H17N3/c1-2-5-19-15(4-1)12-16-7-8-17-14-21-24-18(9-11-27-21)13-20-22(6-3-10-26-20)28(24)25(17)23(16)19;1-2-5-19-15(4-1)12-16-7-8-17-13-18-9-11-27-21-14-20-22(6-3-10-26-20)28(24(18)21)25(17)23(16)19;1-2-5-20-15(4-1)10-16-7-8-17-11-18-13-26-14-19-12-21-22(6-3-9-27-21)28(24(18)19)25(17)23(16)20;1-2-4-20-15(3-1)11-16-5-6-17-12-18-7-10-27-21-13-19-14-26-9-8-22(19)28(24(18)21)25(17)23(16)20/h2*1-11H,12-14H2;1-9,13-14H,10-12H2;1-10,14H,11-13H2. The number of rotatable bonds is 0. The Kier molecular flexibility index (Phi) is 13.2. The van der Waals surface area contributed by atoms with Crippen molar-refractivity contribution in [2.75, 3.05) is 19.6 Å². The highest BCUT2D eigenvalue weighted by Gasteiger charge is 2.42. The van der Waals surface area contributed by atoms with Crippen LogP contribution in [0, 0.1) is 0 Å². The Bertz CT molecular complexity index is 5980. The van der Waals surface area contributed by atoms with Crippen molar-refractivity contribution in [3.05, 3.63) is 403 Å². The first-order valence-electron chi connectivity index (χ1n) is 39.3. The fourth-order valence-electron chi connectivity index (χ4n) is 20.9. The van der Waals surface area contributed by atoms with E-state index in [2.05, 4.69) is 224 Å². The summed E-state index contributed by atoms with van der Waals surface area (Å²) in [6, 6.07) is 75.4. The molecule has 28 rings (SSSR count). The topological polar surface area (TPSA) is 116 Å². The minimum Gasteiger partial charge on any atom is -0.307 e. The Labute approximate surface area is 647 Å². The minimum absolute atomic E-state index is 0.802. The second-order valence-corrected chi connectivity index (χ2v) is 31.5. The minimum atomic E-state index is 0.802. The van der Waals surface area contributed by atoms with Gasteiger partial charge in [0.25, 0.3) is 0 Å². The molecule has 12 aliphatic rings. The maximum atomic E-state index is 4.76. The first-order valence-corrected chi connectivity index (χ1v) is 39.3. The molecular formula is C100H68N12. The summed E-state index contributed by atoms with van der Waals surface area (Å²) in [5.41, 5.74) is 58.1. The third kappa shape index (κ3) is 9.05. The fraction of sp³-hybridized carbons (Fsp3) is 0.120. The van der Waals surface area contributed by atoms with Gasteiger partial charge in [-0.25, -0.2) is 0 Å². The van der Waals surface area contributed by atoms with Crippen LogP contribution < -0.4 is 19.6 Å². The normalized spacial score (nSPS) is 14.6. The van der Waals surface area contributed by atoms with Crippen molar-refractivity contribution in [2.24, 2.45) is 0 Å². The van der Waals surface area contributed by atoms with E-state index in [1.165, 1.54) is 219 Å². The molecule has 528 valence electrons. The summed E-state index contributed by atoms with van der Waals surface area (Å²) in [6.07, 6.45) is 30.7. The zero-order valence-electron chi connectivity index (χ0n) is 61.3. The summed E-state index contributed by atoms with van der Waals surface area (Å²) in [7, 11) is 0. The van der Waals surface area contributed by atoms with Gasteiger partial charge in [0.05, 0.1) is 102 Å². The summed E-state index contributed by atoms with van der Waals surface area (Å²) < 4.78 is 0. The second kappa shape index (κ2) is 23.8. The van der Waals surface area contributed by atoms with Gasteiger partial charge in [-0.2, -0.15) is 0 Å². The van der Waals surface area contributed by atoms with Gasteiger partial charge in [0.15, 0.2) is 0 Å². The van der Waals surface area contributed by atoms with Crippen LogP contribution >= 0.6 is 0 Å². The van der Waals surface area contributed by atoms with Gasteiger partial charge in [0.1, 0.15) is 0 Å². The Balaban J connectivity index is 0.0000000847. The van der Waals surface area contributed by atoms with Crippen molar-refractivity contribution in [3.63, 3.8) is 0 Å². The quantitative estimate of drug-likeness (QED) is 0.144. The smallest absolute Gasteiger partial charge is 0.0717 e. The van der Waals surface area contributed by atoms with E-state index in [0.29, 0.717) is 0 Å². The molecule has 0 unspecified atom stereocenters. The molecule has 8 aromatic carbocycles. The van der Waals surface area contributed by atoms with E-state index in [-0.39, 0.29) is 0 Å². The molecule has 112 heavy (non-hydrogen) atoms. The number of aromatic nitrogens is 8. The van der Waals surface area contributed by atoms with Gasteiger partial charge >= 0.3 is 0 Å². The number of nitrogens with zero attached hydrogens (tertiary/aromatic N) is 12. The van der Waals surface area contributed by atoms with Crippen LogP contribution in [0.4, 0.5) is 68.2 Å². The van der Waals surface area contributed by atoms with Gasteiger partial charge in [-0.05, 0) is 198 Å². The number of hydrogen-bond acceptors (Lipinski definition) is 12. The lowest BCUT2D eigenvalue weighted by Crippen LogP contribution is -2.26. The van der Waals surface area contributed by atoms with E-state index < -0.39 is 0 Å².